The molecular weight excluding hydrogens is 186 g/mol. The number of fused-ring (bicyclic) bond motifs is 1. The molecule has 0 saturated carbocycles. The number of hydrogen-bond acceptors (Lipinski definition) is 2. The number of carbonyl (C=O) groups excluding carboxylic acids is 1. The molecule has 2 aromatic rings. The normalized spacial score (nSPS) is 10.2. The van der Waals surface area contributed by atoms with Crippen LogP contribution in [0, 0.1) is 0 Å². The maximum absolute atomic E-state index is 10.7. The number of para-hydroxylation sites is 2. The minimum atomic E-state index is -0.414. The van der Waals surface area contributed by atoms with Crippen molar-refractivity contribution in [2.24, 2.45) is 0 Å². The molecule has 1 N–H and O–H groups in total. The van der Waals surface area contributed by atoms with Gasteiger partial charge in [0, 0.05) is 0 Å². The van der Waals surface area contributed by atoms with Gasteiger partial charge in [0.05, 0.1) is 11.0 Å². The average molecular weight is 193 g/mol. The minimum Gasteiger partial charge on any atom is -0.260 e. The van der Waals surface area contributed by atoms with E-state index in [1.165, 1.54) is 4.68 Å². The summed E-state index contributed by atoms with van der Waals surface area (Å²) in [5.74, 6) is 0. The number of thiol groups is 1. The van der Waals surface area contributed by atoms with Crippen molar-refractivity contribution in [1.29, 1.82) is 0 Å². The third-order valence-electron chi connectivity index (χ3n) is 1.67. The van der Waals surface area contributed by atoms with E-state index in [4.69, 9.17) is 0 Å². The van der Waals surface area contributed by atoms with Gasteiger partial charge in [-0.15, -0.1) is 0 Å². The first-order valence-electron chi connectivity index (χ1n) is 3.69. The molecule has 0 aliphatic rings. The van der Waals surface area contributed by atoms with Gasteiger partial charge in [0.1, 0.15) is 6.33 Å². The second-order valence-corrected chi connectivity index (χ2v) is 2.93. The van der Waals surface area contributed by atoms with E-state index in [9.17, 15) is 4.79 Å². The fraction of sp³-hybridized carbons (Fsp3) is 0. The van der Waals surface area contributed by atoms with E-state index in [1.807, 2.05) is 24.3 Å². The second kappa shape index (κ2) is 3.10. The largest absolute Gasteiger partial charge is 0.294 e. The molecule has 0 spiro atoms. The Morgan fingerprint density at radius 2 is 2.23 bits per heavy atom. The van der Waals surface area contributed by atoms with Crippen LogP contribution in [-0.4, -0.2) is 14.9 Å². The van der Waals surface area contributed by atoms with Gasteiger partial charge in [0.25, 0.3) is 5.24 Å². The summed E-state index contributed by atoms with van der Waals surface area (Å²) in [5.41, 5.74) is 4.20. The number of nitrogens with zero attached hydrogens (tertiary/aromatic N) is 2. The monoisotopic (exact) mass is 193 g/mol. The van der Waals surface area contributed by atoms with E-state index in [1.54, 1.807) is 6.33 Å². The highest BCUT2D eigenvalue weighted by Crippen LogP contribution is 2.09. The number of hydrogen-bond donors (Lipinski definition) is 2. The summed E-state index contributed by atoms with van der Waals surface area (Å²) >= 11 is 3.61. The Labute approximate surface area is 80.0 Å². The molecule has 5 heteroatoms. The van der Waals surface area contributed by atoms with E-state index >= 15 is 0 Å². The van der Waals surface area contributed by atoms with Gasteiger partial charge >= 0.3 is 0 Å². The standard InChI is InChI=1S/C8H7N3OS/c12-8(13)10-11-5-9-6-3-1-2-4-7(6)11/h1-5H,(H2,10,12,13). The van der Waals surface area contributed by atoms with Crippen molar-refractivity contribution in [1.82, 2.24) is 9.66 Å². The lowest BCUT2D eigenvalue weighted by atomic mass is 10.3. The van der Waals surface area contributed by atoms with Crippen molar-refractivity contribution in [2.45, 2.75) is 0 Å². The van der Waals surface area contributed by atoms with E-state index in [0.29, 0.717) is 0 Å². The molecule has 13 heavy (non-hydrogen) atoms. The smallest absolute Gasteiger partial charge is 0.260 e. The summed E-state index contributed by atoms with van der Waals surface area (Å²) < 4.78 is 1.53. The van der Waals surface area contributed by atoms with Crippen LogP contribution in [0.5, 0.6) is 0 Å². The Morgan fingerprint density at radius 1 is 1.46 bits per heavy atom. The molecule has 0 unspecified atom stereocenters. The van der Waals surface area contributed by atoms with Gasteiger partial charge in [-0.1, -0.05) is 24.8 Å². The summed E-state index contributed by atoms with van der Waals surface area (Å²) in [4.78, 5) is 14.7. The van der Waals surface area contributed by atoms with Crippen molar-refractivity contribution in [3.63, 3.8) is 0 Å². The van der Waals surface area contributed by atoms with Gasteiger partial charge in [0.15, 0.2) is 0 Å². The van der Waals surface area contributed by atoms with Gasteiger partial charge in [-0.3, -0.25) is 10.2 Å². The second-order valence-electron chi connectivity index (χ2n) is 2.52. The topological polar surface area (TPSA) is 46.9 Å². The summed E-state index contributed by atoms with van der Waals surface area (Å²) in [6.45, 7) is 0. The van der Waals surface area contributed by atoms with Crippen LogP contribution < -0.4 is 5.43 Å². The Kier molecular flexibility index (Phi) is 1.94. The molecule has 1 aromatic carbocycles. The van der Waals surface area contributed by atoms with Crippen LogP contribution >= 0.6 is 12.6 Å². The Balaban J connectivity index is 2.51. The molecule has 1 heterocycles. The number of benzene rings is 1. The highest BCUT2D eigenvalue weighted by Gasteiger charge is 2.01. The van der Waals surface area contributed by atoms with Crippen LogP contribution in [0.15, 0.2) is 30.6 Å². The minimum absolute atomic E-state index is 0.414. The number of aromatic nitrogens is 2. The first kappa shape index (κ1) is 8.12. The summed E-state index contributed by atoms with van der Waals surface area (Å²) in [5, 5.41) is -0.414. The zero-order valence-corrected chi connectivity index (χ0v) is 7.53. The van der Waals surface area contributed by atoms with Crippen LogP contribution in [0.1, 0.15) is 0 Å². The maximum atomic E-state index is 10.7. The summed E-state index contributed by atoms with van der Waals surface area (Å²) in [7, 11) is 0. The third kappa shape index (κ3) is 1.50. The first-order chi connectivity index (χ1) is 6.27. The molecule has 0 atom stereocenters. The third-order valence-corrected chi connectivity index (χ3v) is 1.77. The summed E-state index contributed by atoms with van der Waals surface area (Å²) in [6.07, 6.45) is 1.54. The average Bonchev–Trinajstić information content (AvgIpc) is 2.48. The van der Waals surface area contributed by atoms with Crippen molar-refractivity contribution in [3.8, 4) is 0 Å². The molecule has 0 aliphatic heterocycles. The maximum Gasteiger partial charge on any atom is 0.294 e. The Hall–Kier alpha value is -1.49. The molecule has 4 nitrogen and oxygen atoms in total. The lowest BCUT2D eigenvalue weighted by Gasteiger charge is -2.01. The van der Waals surface area contributed by atoms with E-state index in [-0.39, 0.29) is 0 Å². The highest BCUT2D eigenvalue weighted by atomic mass is 32.1. The summed E-state index contributed by atoms with van der Waals surface area (Å²) in [6, 6.07) is 7.51. The molecular formula is C8H7N3OS. The predicted octanol–water partition coefficient (Wildman–Crippen LogP) is 1.63. The zero-order chi connectivity index (χ0) is 9.26. The van der Waals surface area contributed by atoms with Gasteiger partial charge in [-0.2, -0.15) is 0 Å². The number of rotatable bonds is 1. The molecule has 0 fully saturated rings. The number of carbonyl (C=O) groups is 1. The van der Waals surface area contributed by atoms with Crippen molar-refractivity contribution < 1.29 is 4.79 Å². The van der Waals surface area contributed by atoms with Crippen LogP contribution in [0.3, 0.4) is 0 Å². The predicted molar refractivity (Wildman–Crippen MR) is 53.5 cm³/mol. The van der Waals surface area contributed by atoms with Crippen LogP contribution in [0.2, 0.25) is 0 Å². The molecule has 0 saturated heterocycles. The lowest BCUT2D eigenvalue weighted by molar-refractivity contribution is 0.268. The Morgan fingerprint density at radius 3 is 3.00 bits per heavy atom. The fourth-order valence-electron chi connectivity index (χ4n) is 1.15. The zero-order valence-electron chi connectivity index (χ0n) is 6.64. The van der Waals surface area contributed by atoms with Crippen LogP contribution in [-0.2, 0) is 0 Å². The molecule has 0 aliphatic carbocycles. The first-order valence-corrected chi connectivity index (χ1v) is 4.14. The van der Waals surface area contributed by atoms with Gasteiger partial charge < -0.3 is 0 Å². The van der Waals surface area contributed by atoms with E-state index in [0.717, 1.165) is 11.0 Å². The van der Waals surface area contributed by atoms with Crippen molar-refractivity contribution in [3.05, 3.63) is 30.6 Å². The molecule has 1 amide bonds. The molecule has 2 rings (SSSR count). The van der Waals surface area contributed by atoms with E-state index < -0.39 is 5.24 Å². The van der Waals surface area contributed by atoms with Crippen LogP contribution in [0.25, 0.3) is 11.0 Å². The number of nitrogens with one attached hydrogen (secondary N) is 1. The number of amides is 1. The van der Waals surface area contributed by atoms with Gasteiger partial charge in [-0.05, 0) is 12.1 Å². The van der Waals surface area contributed by atoms with Gasteiger partial charge in [-0.25, -0.2) is 9.66 Å². The van der Waals surface area contributed by atoms with Crippen LogP contribution in [0.4, 0.5) is 4.79 Å². The highest BCUT2D eigenvalue weighted by molar-refractivity contribution is 7.96. The van der Waals surface area contributed by atoms with E-state index in [2.05, 4.69) is 23.0 Å². The van der Waals surface area contributed by atoms with Crippen molar-refractivity contribution in [2.75, 3.05) is 5.43 Å². The number of imidazole rings is 1. The quantitative estimate of drug-likeness (QED) is 0.676. The molecule has 0 radical (unpaired) electrons. The van der Waals surface area contributed by atoms with Gasteiger partial charge in [0.2, 0.25) is 0 Å². The molecule has 1 aromatic heterocycles. The Bertz CT molecular complexity index is 451. The molecule has 66 valence electrons. The lowest BCUT2D eigenvalue weighted by Crippen LogP contribution is -2.15. The SMILES string of the molecule is O=C(S)Nn1cnc2ccccc21. The van der Waals surface area contributed by atoms with Crippen molar-refractivity contribution >= 4 is 28.9 Å². The fourth-order valence-corrected chi connectivity index (χ4v) is 1.26. The molecule has 0 bridgehead atoms.